The highest BCUT2D eigenvalue weighted by atomic mass is 127. The van der Waals surface area contributed by atoms with Crippen molar-refractivity contribution < 1.29 is 4.79 Å². The third kappa shape index (κ3) is 2.79. The van der Waals surface area contributed by atoms with Crippen LogP contribution in [-0.4, -0.2) is 5.78 Å². The van der Waals surface area contributed by atoms with Crippen LogP contribution in [0.2, 0.25) is 5.02 Å². The molecule has 0 atom stereocenters. The predicted molar refractivity (Wildman–Crippen MR) is 78.5 cm³/mol. The average molecular weight is 358 g/mol. The summed E-state index contributed by atoms with van der Waals surface area (Å²) in [5, 5.41) is 0.608. The van der Waals surface area contributed by atoms with Crippen molar-refractivity contribution >= 4 is 45.7 Å². The maximum atomic E-state index is 12.2. The van der Waals surface area contributed by atoms with Gasteiger partial charge in [0.25, 0.3) is 0 Å². The molecule has 0 aromatic heterocycles. The summed E-state index contributed by atoms with van der Waals surface area (Å²) >= 11 is 7.93. The van der Waals surface area contributed by atoms with Crippen LogP contribution >= 0.6 is 34.2 Å². The number of halogens is 2. The molecule has 0 aliphatic heterocycles. The molecule has 0 saturated carbocycles. The van der Waals surface area contributed by atoms with Gasteiger partial charge in [-0.1, -0.05) is 11.6 Å². The quantitative estimate of drug-likeness (QED) is 0.505. The van der Waals surface area contributed by atoms with E-state index in [0.29, 0.717) is 21.8 Å². The Kier molecular flexibility index (Phi) is 3.69. The molecule has 0 aliphatic rings. The number of hydrogen-bond acceptors (Lipinski definition) is 2. The zero-order chi connectivity index (χ0) is 12.4. The van der Waals surface area contributed by atoms with Gasteiger partial charge in [-0.2, -0.15) is 0 Å². The van der Waals surface area contributed by atoms with Crippen molar-refractivity contribution in [3.8, 4) is 0 Å². The Bertz CT molecular complexity index is 566. The summed E-state index contributed by atoms with van der Waals surface area (Å²) in [7, 11) is 0. The molecule has 2 N–H and O–H groups in total. The lowest BCUT2D eigenvalue weighted by atomic mass is 10.0. The maximum absolute atomic E-state index is 12.2. The lowest BCUT2D eigenvalue weighted by molar-refractivity contribution is 0.103. The first-order valence-corrected chi connectivity index (χ1v) is 6.39. The van der Waals surface area contributed by atoms with E-state index in [1.54, 1.807) is 36.4 Å². The first-order valence-electron chi connectivity index (χ1n) is 4.93. The van der Waals surface area contributed by atoms with E-state index in [-0.39, 0.29) is 5.78 Å². The Morgan fingerprint density at radius 2 is 1.76 bits per heavy atom. The van der Waals surface area contributed by atoms with Crippen LogP contribution in [0.25, 0.3) is 0 Å². The zero-order valence-corrected chi connectivity index (χ0v) is 11.7. The fourth-order valence-corrected chi connectivity index (χ4v) is 2.10. The molecule has 2 rings (SSSR count). The molecular weight excluding hydrogens is 349 g/mol. The summed E-state index contributed by atoms with van der Waals surface area (Å²) < 4.78 is 0.981. The fourth-order valence-electron chi connectivity index (χ4n) is 1.48. The maximum Gasteiger partial charge on any atom is 0.195 e. The molecule has 86 valence electrons. The average Bonchev–Trinajstić information content (AvgIpc) is 2.32. The van der Waals surface area contributed by atoms with Gasteiger partial charge < -0.3 is 5.73 Å². The number of carbonyl (C=O) groups excluding carboxylic acids is 1. The second-order valence-electron chi connectivity index (χ2n) is 3.57. The number of nitrogen functional groups attached to an aromatic ring is 1. The minimum atomic E-state index is -0.0855. The molecule has 2 aromatic carbocycles. The van der Waals surface area contributed by atoms with Gasteiger partial charge in [0.05, 0.1) is 0 Å². The van der Waals surface area contributed by atoms with Crippen molar-refractivity contribution in [3.05, 3.63) is 62.2 Å². The van der Waals surface area contributed by atoms with E-state index in [1.807, 2.05) is 6.07 Å². The molecule has 0 amide bonds. The first-order chi connectivity index (χ1) is 8.08. The molecule has 0 fully saturated rings. The topological polar surface area (TPSA) is 43.1 Å². The smallest absolute Gasteiger partial charge is 0.195 e. The Hall–Kier alpha value is -1.07. The normalized spacial score (nSPS) is 10.2. The van der Waals surface area contributed by atoms with Crippen LogP contribution in [0.15, 0.2) is 42.5 Å². The van der Waals surface area contributed by atoms with Gasteiger partial charge in [-0.25, -0.2) is 0 Å². The van der Waals surface area contributed by atoms with Gasteiger partial charge in [-0.15, -0.1) is 0 Å². The number of carbonyl (C=O) groups is 1. The third-order valence-electron chi connectivity index (χ3n) is 2.37. The lowest BCUT2D eigenvalue weighted by Crippen LogP contribution is -2.05. The second-order valence-corrected chi connectivity index (χ2v) is 5.25. The van der Waals surface area contributed by atoms with Crippen molar-refractivity contribution in [1.29, 1.82) is 0 Å². The number of benzene rings is 2. The van der Waals surface area contributed by atoms with E-state index < -0.39 is 0 Å². The molecule has 0 unspecified atom stereocenters. The standard InChI is InChI=1S/C13H9ClINO/c14-9-3-1-8(2-4-9)13(17)11-7-10(15)5-6-12(11)16/h1-7H,16H2. The van der Waals surface area contributed by atoms with E-state index >= 15 is 0 Å². The number of nitrogens with two attached hydrogens (primary N) is 1. The minimum absolute atomic E-state index is 0.0855. The fraction of sp³-hybridized carbons (Fsp3) is 0. The van der Waals surface area contributed by atoms with Crippen molar-refractivity contribution in [2.75, 3.05) is 5.73 Å². The van der Waals surface area contributed by atoms with Crippen LogP contribution in [-0.2, 0) is 0 Å². The number of ketones is 1. The van der Waals surface area contributed by atoms with Crippen LogP contribution in [0.3, 0.4) is 0 Å². The van der Waals surface area contributed by atoms with E-state index in [1.165, 1.54) is 0 Å². The Morgan fingerprint density at radius 3 is 2.41 bits per heavy atom. The Morgan fingerprint density at radius 1 is 1.12 bits per heavy atom. The monoisotopic (exact) mass is 357 g/mol. The van der Waals surface area contributed by atoms with Gasteiger partial charge in [0.2, 0.25) is 0 Å². The van der Waals surface area contributed by atoms with Crippen LogP contribution in [0.5, 0.6) is 0 Å². The van der Waals surface area contributed by atoms with Crippen molar-refractivity contribution in [1.82, 2.24) is 0 Å². The highest BCUT2D eigenvalue weighted by Crippen LogP contribution is 2.20. The molecule has 2 nitrogen and oxygen atoms in total. The lowest BCUT2D eigenvalue weighted by Gasteiger charge is -2.05. The molecule has 0 aliphatic carbocycles. The Labute approximate surface area is 118 Å². The summed E-state index contributed by atoms with van der Waals surface area (Å²) in [6, 6.07) is 12.2. The van der Waals surface area contributed by atoms with Gasteiger partial charge >= 0.3 is 0 Å². The number of hydrogen-bond donors (Lipinski definition) is 1. The van der Waals surface area contributed by atoms with Crippen LogP contribution in [0.1, 0.15) is 15.9 Å². The van der Waals surface area contributed by atoms with Gasteiger partial charge in [-0.3, -0.25) is 4.79 Å². The highest BCUT2D eigenvalue weighted by Gasteiger charge is 2.12. The summed E-state index contributed by atoms with van der Waals surface area (Å²) in [5.41, 5.74) is 7.41. The molecule has 0 saturated heterocycles. The Balaban J connectivity index is 2.43. The summed E-state index contributed by atoms with van der Waals surface area (Å²) in [6.07, 6.45) is 0. The van der Waals surface area contributed by atoms with Gasteiger partial charge in [0.15, 0.2) is 5.78 Å². The first kappa shape index (κ1) is 12.4. The summed E-state index contributed by atoms with van der Waals surface area (Å²) in [5.74, 6) is -0.0855. The van der Waals surface area contributed by atoms with Gasteiger partial charge in [-0.05, 0) is 65.1 Å². The predicted octanol–water partition coefficient (Wildman–Crippen LogP) is 3.76. The molecule has 0 heterocycles. The van der Waals surface area contributed by atoms with E-state index in [9.17, 15) is 4.79 Å². The van der Waals surface area contributed by atoms with E-state index in [2.05, 4.69) is 22.6 Å². The minimum Gasteiger partial charge on any atom is -0.398 e. The van der Waals surface area contributed by atoms with Crippen molar-refractivity contribution in [2.24, 2.45) is 0 Å². The molecular formula is C13H9ClINO. The van der Waals surface area contributed by atoms with Crippen LogP contribution < -0.4 is 5.73 Å². The van der Waals surface area contributed by atoms with E-state index in [0.717, 1.165) is 3.57 Å². The van der Waals surface area contributed by atoms with Crippen molar-refractivity contribution in [2.45, 2.75) is 0 Å². The summed E-state index contributed by atoms with van der Waals surface area (Å²) in [6.45, 7) is 0. The highest BCUT2D eigenvalue weighted by molar-refractivity contribution is 14.1. The molecule has 2 aromatic rings. The number of anilines is 1. The van der Waals surface area contributed by atoms with Gasteiger partial charge in [0.1, 0.15) is 0 Å². The zero-order valence-electron chi connectivity index (χ0n) is 8.78. The largest absolute Gasteiger partial charge is 0.398 e. The molecule has 0 spiro atoms. The molecule has 4 heteroatoms. The number of rotatable bonds is 2. The third-order valence-corrected chi connectivity index (χ3v) is 3.29. The van der Waals surface area contributed by atoms with Crippen molar-refractivity contribution in [3.63, 3.8) is 0 Å². The molecule has 0 radical (unpaired) electrons. The van der Waals surface area contributed by atoms with Gasteiger partial charge in [0, 0.05) is 25.4 Å². The molecule has 0 bridgehead atoms. The van der Waals surface area contributed by atoms with Crippen LogP contribution in [0.4, 0.5) is 5.69 Å². The van der Waals surface area contributed by atoms with Crippen LogP contribution in [0, 0.1) is 3.57 Å². The second kappa shape index (κ2) is 5.06. The SMILES string of the molecule is Nc1ccc(I)cc1C(=O)c1ccc(Cl)cc1. The van der Waals surface area contributed by atoms with E-state index in [4.69, 9.17) is 17.3 Å². The summed E-state index contributed by atoms with van der Waals surface area (Å²) in [4.78, 5) is 12.2. The molecule has 17 heavy (non-hydrogen) atoms.